The van der Waals surface area contributed by atoms with Gasteiger partial charge in [0, 0.05) is 48.4 Å². The van der Waals surface area contributed by atoms with Gasteiger partial charge in [0.05, 0.1) is 10.3 Å². The summed E-state index contributed by atoms with van der Waals surface area (Å²) in [6, 6.07) is 12.5. The molecule has 1 aliphatic rings. The van der Waals surface area contributed by atoms with E-state index in [1.165, 1.54) is 12.3 Å². The molecule has 1 aliphatic heterocycles. The smallest absolute Gasteiger partial charge is 0.278 e. The first kappa shape index (κ1) is 18.8. The van der Waals surface area contributed by atoms with E-state index in [1.807, 2.05) is 24.3 Å². The van der Waals surface area contributed by atoms with Gasteiger partial charge in [-0.05, 0) is 42.7 Å². The summed E-state index contributed by atoms with van der Waals surface area (Å²) >= 11 is 0. The number of nitrogens with one attached hydrogen (secondary N) is 2. The van der Waals surface area contributed by atoms with Crippen LogP contribution in [0.25, 0.3) is 10.8 Å². The molecule has 2 N–H and O–H groups in total. The Morgan fingerprint density at radius 3 is 2.93 bits per heavy atom. The van der Waals surface area contributed by atoms with E-state index in [0.29, 0.717) is 24.2 Å². The number of carbonyl (C=O) groups excluding carboxylic acids is 1. The lowest BCUT2D eigenvalue weighted by Crippen LogP contribution is -2.26. The second-order valence-electron chi connectivity index (χ2n) is 6.86. The number of carbonyl (C=O) groups is 1. The van der Waals surface area contributed by atoms with Gasteiger partial charge in [-0.1, -0.05) is 12.1 Å². The van der Waals surface area contributed by atoms with Gasteiger partial charge in [-0.25, -0.2) is 0 Å². The zero-order chi connectivity index (χ0) is 20.2. The molecule has 0 saturated carbocycles. The van der Waals surface area contributed by atoms with Gasteiger partial charge < -0.3 is 15.4 Å². The summed E-state index contributed by atoms with van der Waals surface area (Å²) in [5.41, 5.74) is 2.48. The minimum absolute atomic E-state index is 0.0255. The van der Waals surface area contributed by atoms with Crippen molar-refractivity contribution in [2.45, 2.75) is 25.5 Å². The molecule has 1 amide bonds. The number of fused-ring (bicyclic) bond motifs is 1. The van der Waals surface area contributed by atoms with Crippen molar-refractivity contribution in [1.82, 2.24) is 4.98 Å². The summed E-state index contributed by atoms with van der Waals surface area (Å²) in [6.45, 7) is 1.12. The van der Waals surface area contributed by atoms with Crippen molar-refractivity contribution in [3.05, 3.63) is 70.5 Å². The van der Waals surface area contributed by atoms with Gasteiger partial charge in [-0.2, -0.15) is 0 Å². The molecule has 8 heteroatoms. The van der Waals surface area contributed by atoms with Crippen molar-refractivity contribution in [2.75, 3.05) is 17.2 Å². The van der Waals surface area contributed by atoms with Crippen molar-refractivity contribution in [3.8, 4) is 0 Å². The molecule has 29 heavy (non-hydrogen) atoms. The molecule has 148 valence electrons. The molecule has 0 bridgehead atoms. The van der Waals surface area contributed by atoms with Gasteiger partial charge in [-0.15, -0.1) is 0 Å². The summed E-state index contributed by atoms with van der Waals surface area (Å²) in [7, 11) is 0. The fourth-order valence-corrected chi connectivity index (χ4v) is 3.45. The van der Waals surface area contributed by atoms with Gasteiger partial charge in [0.1, 0.15) is 6.10 Å². The summed E-state index contributed by atoms with van der Waals surface area (Å²) in [4.78, 5) is 27.1. The van der Waals surface area contributed by atoms with Crippen molar-refractivity contribution in [3.63, 3.8) is 0 Å². The lowest BCUT2D eigenvalue weighted by atomic mass is 10.1. The Balaban J connectivity index is 1.49. The van der Waals surface area contributed by atoms with Crippen LogP contribution in [0.15, 0.2) is 54.9 Å². The summed E-state index contributed by atoms with van der Waals surface area (Å²) in [6.07, 6.45) is 4.38. The van der Waals surface area contributed by atoms with Crippen LogP contribution in [-0.4, -0.2) is 28.5 Å². The van der Waals surface area contributed by atoms with Crippen LogP contribution in [0.2, 0.25) is 0 Å². The lowest BCUT2D eigenvalue weighted by molar-refractivity contribution is -0.383. The van der Waals surface area contributed by atoms with Gasteiger partial charge in [0.15, 0.2) is 0 Å². The SMILES string of the molecule is O=C(Nc1cccc(CNc2ccc([N+](=O)[O-])c3cnccc23)c1)C1CCCO1. The quantitative estimate of drug-likeness (QED) is 0.487. The number of pyridine rings is 1. The molecule has 1 atom stereocenters. The van der Waals surface area contributed by atoms with Crippen molar-refractivity contribution >= 4 is 33.7 Å². The van der Waals surface area contributed by atoms with Crippen molar-refractivity contribution in [1.29, 1.82) is 0 Å². The molecule has 3 aromatic rings. The second-order valence-corrected chi connectivity index (χ2v) is 6.86. The monoisotopic (exact) mass is 392 g/mol. The highest BCUT2D eigenvalue weighted by Gasteiger charge is 2.23. The van der Waals surface area contributed by atoms with Crippen LogP contribution < -0.4 is 10.6 Å². The number of ether oxygens (including phenoxy) is 1. The van der Waals surface area contributed by atoms with Gasteiger partial charge in [0.2, 0.25) is 0 Å². The highest BCUT2D eigenvalue weighted by Crippen LogP contribution is 2.31. The fourth-order valence-electron chi connectivity index (χ4n) is 3.45. The fraction of sp³-hybridized carbons (Fsp3) is 0.238. The van der Waals surface area contributed by atoms with Crippen LogP contribution in [0.4, 0.5) is 17.1 Å². The molecule has 0 radical (unpaired) electrons. The minimum Gasteiger partial charge on any atom is -0.380 e. The Bertz CT molecular complexity index is 1060. The number of aromatic nitrogens is 1. The number of nitrogens with zero attached hydrogens (tertiary/aromatic N) is 2. The zero-order valence-corrected chi connectivity index (χ0v) is 15.6. The molecular weight excluding hydrogens is 372 g/mol. The van der Waals surface area contributed by atoms with E-state index in [4.69, 9.17) is 4.74 Å². The number of hydrogen-bond donors (Lipinski definition) is 2. The Labute approximate surface area is 167 Å². The Morgan fingerprint density at radius 1 is 1.24 bits per heavy atom. The highest BCUT2D eigenvalue weighted by molar-refractivity contribution is 5.99. The molecule has 1 fully saturated rings. The number of hydrogen-bond acceptors (Lipinski definition) is 6. The van der Waals surface area contributed by atoms with Crippen LogP contribution in [0.5, 0.6) is 0 Å². The first-order valence-corrected chi connectivity index (χ1v) is 9.38. The zero-order valence-electron chi connectivity index (χ0n) is 15.6. The van der Waals surface area contributed by atoms with Crippen LogP contribution in [0.3, 0.4) is 0 Å². The second kappa shape index (κ2) is 8.24. The average molecular weight is 392 g/mol. The molecule has 0 spiro atoms. The number of nitro groups is 1. The van der Waals surface area contributed by atoms with Crippen LogP contribution >= 0.6 is 0 Å². The number of amides is 1. The standard InChI is InChI=1S/C21H20N4O4/c26-21(20-5-2-10-29-20)24-15-4-1-3-14(11-15)12-23-18-6-7-19(25(27)28)17-13-22-9-8-16(17)18/h1,3-4,6-9,11,13,20,23H,2,5,10,12H2,(H,24,26). The molecule has 8 nitrogen and oxygen atoms in total. The summed E-state index contributed by atoms with van der Waals surface area (Å²) < 4.78 is 5.41. The maximum atomic E-state index is 12.2. The summed E-state index contributed by atoms with van der Waals surface area (Å²) in [5.74, 6) is -0.124. The number of rotatable bonds is 6. The molecule has 0 aliphatic carbocycles. The third-order valence-electron chi connectivity index (χ3n) is 4.89. The highest BCUT2D eigenvalue weighted by atomic mass is 16.6. The molecule has 1 saturated heterocycles. The minimum atomic E-state index is -0.409. The largest absolute Gasteiger partial charge is 0.380 e. The van der Waals surface area contributed by atoms with E-state index in [9.17, 15) is 14.9 Å². The van der Waals surface area contributed by atoms with Crippen LogP contribution in [0, 0.1) is 10.1 Å². The molecular formula is C21H20N4O4. The third-order valence-corrected chi connectivity index (χ3v) is 4.89. The Hall–Kier alpha value is -3.52. The number of non-ortho nitro benzene ring substituents is 1. The molecule has 2 aromatic carbocycles. The van der Waals surface area contributed by atoms with E-state index in [1.54, 1.807) is 18.3 Å². The lowest BCUT2D eigenvalue weighted by Gasteiger charge is -2.13. The van der Waals surface area contributed by atoms with Crippen molar-refractivity contribution < 1.29 is 14.5 Å². The average Bonchev–Trinajstić information content (AvgIpc) is 3.27. The maximum Gasteiger partial charge on any atom is 0.278 e. The maximum absolute atomic E-state index is 12.2. The first-order valence-electron chi connectivity index (χ1n) is 9.38. The molecule has 4 rings (SSSR count). The normalized spacial score (nSPS) is 15.9. The topological polar surface area (TPSA) is 106 Å². The molecule has 1 aromatic heterocycles. The van der Waals surface area contributed by atoms with Gasteiger partial charge >= 0.3 is 0 Å². The van der Waals surface area contributed by atoms with E-state index in [-0.39, 0.29) is 17.7 Å². The Morgan fingerprint density at radius 2 is 2.14 bits per heavy atom. The number of nitro benzene ring substituents is 1. The Kier molecular flexibility index (Phi) is 5.35. The van der Waals surface area contributed by atoms with Crippen molar-refractivity contribution in [2.24, 2.45) is 0 Å². The van der Waals surface area contributed by atoms with Gasteiger partial charge in [0.25, 0.3) is 11.6 Å². The van der Waals surface area contributed by atoms with E-state index < -0.39 is 4.92 Å². The van der Waals surface area contributed by atoms with Gasteiger partial charge in [-0.3, -0.25) is 19.9 Å². The number of anilines is 2. The van der Waals surface area contributed by atoms with E-state index >= 15 is 0 Å². The van der Waals surface area contributed by atoms with Crippen LogP contribution in [0.1, 0.15) is 18.4 Å². The van der Waals surface area contributed by atoms with E-state index in [2.05, 4.69) is 15.6 Å². The predicted molar refractivity (Wildman–Crippen MR) is 110 cm³/mol. The molecule has 2 heterocycles. The van der Waals surface area contributed by atoms with E-state index in [0.717, 1.165) is 29.5 Å². The third kappa shape index (κ3) is 4.17. The predicted octanol–water partition coefficient (Wildman–Crippen LogP) is 3.87. The summed E-state index contributed by atoms with van der Waals surface area (Å²) in [5, 5.41) is 18.7. The molecule has 1 unspecified atom stereocenters. The number of benzene rings is 2. The first-order chi connectivity index (χ1) is 14.1. The van der Waals surface area contributed by atoms with Crippen LogP contribution in [-0.2, 0) is 16.1 Å².